The van der Waals surface area contributed by atoms with Crippen LogP contribution in [0.5, 0.6) is 11.5 Å². The van der Waals surface area contributed by atoms with Crippen LogP contribution in [0.3, 0.4) is 0 Å². The third-order valence-electron chi connectivity index (χ3n) is 11.0. The van der Waals surface area contributed by atoms with Gasteiger partial charge in [-0.2, -0.15) is 0 Å². The maximum absolute atomic E-state index is 13.1. The first kappa shape index (κ1) is 39.7. The van der Waals surface area contributed by atoms with Crippen LogP contribution in [0.15, 0.2) is 203 Å². The number of benzene rings is 8. The van der Waals surface area contributed by atoms with E-state index in [1.165, 1.54) is 0 Å². The van der Waals surface area contributed by atoms with E-state index in [1.54, 1.807) is 0 Å². The monoisotopic (exact) mass is 924 g/mol. The second-order valence-electron chi connectivity index (χ2n) is 14.7. The molecule has 2 N–H and O–H groups in total. The number of hydrogen-bond donors (Lipinski definition) is 2. The van der Waals surface area contributed by atoms with Crippen LogP contribution in [0.4, 0.5) is 11.4 Å². The molecule has 0 spiro atoms. The molecule has 61 heavy (non-hydrogen) atoms. The van der Waals surface area contributed by atoms with Crippen molar-refractivity contribution in [1.29, 1.82) is 0 Å². The summed E-state index contributed by atoms with van der Waals surface area (Å²) in [5.41, 5.74) is 11.6. The number of ether oxygens (including phenoxy) is 2. The molecule has 8 heteroatoms. The van der Waals surface area contributed by atoms with E-state index in [0.29, 0.717) is 22.9 Å². The third-order valence-corrected chi connectivity index (χ3v) is 12.2. The van der Waals surface area contributed by atoms with Crippen molar-refractivity contribution in [3.63, 3.8) is 0 Å². The fourth-order valence-corrected chi connectivity index (χ4v) is 9.15. The number of anilines is 2. The fourth-order valence-electron chi connectivity index (χ4n) is 8.17. The predicted octanol–water partition coefficient (Wildman–Crippen LogP) is 12.9. The Kier molecular flexibility index (Phi) is 11.4. The molecule has 0 atom stereocenters. The number of hydrogen-bond acceptors (Lipinski definition) is 4. The second-order valence-corrected chi connectivity index (χ2v) is 16.4. The van der Waals surface area contributed by atoms with Crippen LogP contribution in [0.2, 0.25) is 0 Å². The molecule has 0 unspecified atom stereocenters. The number of rotatable bonds is 12. The zero-order valence-electron chi connectivity index (χ0n) is 32.8. The normalized spacial score (nSPS) is 12.2. The van der Waals surface area contributed by atoms with Gasteiger partial charge < -0.3 is 20.1 Å². The summed E-state index contributed by atoms with van der Waals surface area (Å²) >= 11 is 7.21. The molecular weight excluding hydrogens is 888 g/mol. The van der Waals surface area contributed by atoms with Crippen LogP contribution in [0, 0.1) is 0 Å². The second kappa shape index (κ2) is 17.5. The summed E-state index contributed by atoms with van der Waals surface area (Å²) in [4.78, 5) is 26.3. The molecule has 0 aromatic heterocycles. The highest BCUT2D eigenvalue weighted by atomic mass is 79.9. The van der Waals surface area contributed by atoms with Gasteiger partial charge in [-0.25, -0.2) is 0 Å². The van der Waals surface area contributed by atoms with Gasteiger partial charge in [-0.05, 0) is 136 Å². The number of amides is 2. The van der Waals surface area contributed by atoms with Crippen LogP contribution < -0.4 is 20.1 Å². The first-order valence-electron chi connectivity index (χ1n) is 19.8. The Hall–Kier alpha value is -6.74. The van der Waals surface area contributed by atoms with Gasteiger partial charge in [0.15, 0.2) is 13.2 Å². The fraction of sp³-hybridized carbons (Fsp3) is 0.0566. The van der Waals surface area contributed by atoms with Gasteiger partial charge in [-0.1, -0.05) is 146 Å². The largest absolute Gasteiger partial charge is 0.483 e. The SMILES string of the molecule is O=C(COc1ccc(-c2ccccc2)cc1Br)Nc1ccc(C2(c3ccc(NC(=O)COc4ccc(-c5ccccc5)cc4Br)cc3)c3ccccc3-c3ccccc32)cc1. The number of carbonyl (C=O) groups is 2. The molecule has 0 radical (unpaired) electrons. The van der Waals surface area contributed by atoms with Crippen molar-refractivity contribution >= 4 is 55.0 Å². The molecule has 0 bridgehead atoms. The Morgan fingerprint density at radius 3 is 1.20 bits per heavy atom. The maximum atomic E-state index is 13.1. The molecule has 8 aromatic carbocycles. The summed E-state index contributed by atoms with van der Waals surface area (Å²) in [6.07, 6.45) is 0. The van der Waals surface area contributed by atoms with E-state index in [0.717, 1.165) is 64.6 Å². The van der Waals surface area contributed by atoms with Crippen LogP contribution in [-0.4, -0.2) is 25.0 Å². The maximum Gasteiger partial charge on any atom is 0.262 e. The van der Waals surface area contributed by atoms with E-state index in [4.69, 9.17) is 9.47 Å². The Bertz CT molecular complexity index is 2670. The molecule has 298 valence electrons. The smallest absolute Gasteiger partial charge is 0.262 e. The van der Waals surface area contributed by atoms with E-state index in [1.807, 2.05) is 97.1 Å². The topological polar surface area (TPSA) is 76.7 Å². The molecule has 8 aromatic rings. The van der Waals surface area contributed by atoms with Gasteiger partial charge in [0, 0.05) is 11.4 Å². The average molecular weight is 927 g/mol. The molecule has 0 saturated heterocycles. The molecule has 2 amide bonds. The van der Waals surface area contributed by atoms with Crippen molar-refractivity contribution < 1.29 is 19.1 Å². The quantitative estimate of drug-likeness (QED) is 0.128. The Balaban J connectivity index is 0.919. The summed E-state index contributed by atoms with van der Waals surface area (Å²) in [5, 5.41) is 6.01. The van der Waals surface area contributed by atoms with Gasteiger partial charge in [0.25, 0.3) is 11.8 Å². The molecule has 1 aliphatic carbocycles. The van der Waals surface area contributed by atoms with E-state index in [9.17, 15) is 9.59 Å². The van der Waals surface area contributed by atoms with Gasteiger partial charge in [0.2, 0.25) is 0 Å². The van der Waals surface area contributed by atoms with Crippen molar-refractivity contribution in [2.45, 2.75) is 5.41 Å². The van der Waals surface area contributed by atoms with Crippen LogP contribution in [0.1, 0.15) is 22.3 Å². The highest BCUT2D eigenvalue weighted by Crippen LogP contribution is 2.56. The third kappa shape index (κ3) is 8.12. The standard InChI is InChI=1S/C53H38Br2N2O4/c54-47-31-37(35-11-3-1-4-12-35)19-29-49(47)60-33-51(58)56-41-25-21-39(22-26-41)53(45-17-9-7-15-43(45)44-16-8-10-18-46(44)53)40-23-27-42(28-24-40)57-52(59)34-61-50-30-20-38(32-48(50)55)36-13-5-2-6-14-36/h1-32H,33-34H2,(H,56,58)(H,57,59). The minimum absolute atomic E-state index is 0.149. The van der Waals surface area contributed by atoms with Crippen molar-refractivity contribution in [2.24, 2.45) is 0 Å². The Labute approximate surface area is 371 Å². The highest BCUT2D eigenvalue weighted by molar-refractivity contribution is 9.11. The lowest BCUT2D eigenvalue weighted by molar-refractivity contribution is -0.118. The van der Waals surface area contributed by atoms with Gasteiger partial charge in [-0.3, -0.25) is 9.59 Å². The first-order chi connectivity index (χ1) is 29.9. The van der Waals surface area contributed by atoms with Crippen LogP contribution in [-0.2, 0) is 15.0 Å². The first-order valence-corrected chi connectivity index (χ1v) is 21.4. The number of nitrogens with one attached hydrogen (secondary N) is 2. The molecule has 6 nitrogen and oxygen atoms in total. The van der Waals surface area contributed by atoms with Crippen molar-refractivity contribution in [1.82, 2.24) is 0 Å². The Morgan fingerprint density at radius 1 is 0.426 bits per heavy atom. The van der Waals surface area contributed by atoms with Gasteiger partial charge >= 0.3 is 0 Å². The summed E-state index contributed by atoms with van der Waals surface area (Å²) in [5.74, 6) is 0.634. The molecule has 1 aliphatic rings. The predicted molar refractivity (Wildman–Crippen MR) is 251 cm³/mol. The summed E-state index contributed by atoms with van der Waals surface area (Å²) in [6.45, 7) is -0.297. The molecule has 0 aliphatic heterocycles. The minimum atomic E-state index is -0.666. The zero-order valence-corrected chi connectivity index (χ0v) is 36.0. The molecular formula is C53H38Br2N2O4. The average Bonchev–Trinajstić information content (AvgIpc) is 3.60. The lowest BCUT2D eigenvalue weighted by Gasteiger charge is -2.34. The van der Waals surface area contributed by atoms with Gasteiger partial charge in [-0.15, -0.1) is 0 Å². The highest BCUT2D eigenvalue weighted by Gasteiger charge is 2.45. The number of carbonyl (C=O) groups excluding carboxylic acids is 2. The number of fused-ring (bicyclic) bond motifs is 3. The van der Waals surface area contributed by atoms with Crippen molar-refractivity contribution in [2.75, 3.05) is 23.8 Å². The van der Waals surface area contributed by atoms with E-state index >= 15 is 0 Å². The van der Waals surface area contributed by atoms with Crippen LogP contribution in [0.25, 0.3) is 33.4 Å². The van der Waals surface area contributed by atoms with Gasteiger partial charge in [0.05, 0.1) is 14.4 Å². The molecule has 0 heterocycles. The van der Waals surface area contributed by atoms with Crippen molar-refractivity contribution in [3.8, 4) is 44.9 Å². The van der Waals surface area contributed by atoms with Crippen LogP contribution >= 0.6 is 31.9 Å². The zero-order chi connectivity index (χ0) is 41.8. The molecule has 0 saturated carbocycles. The van der Waals surface area contributed by atoms with E-state index in [2.05, 4.69) is 140 Å². The van der Waals surface area contributed by atoms with E-state index in [-0.39, 0.29) is 25.0 Å². The molecule has 9 rings (SSSR count). The lowest BCUT2D eigenvalue weighted by Crippen LogP contribution is -2.28. The van der Waals surface area contributed by atoms with Gasteiger partial charge in [0.1, 0.15) is 11.5 Å². The van der Waals surface area contributed by atoms with Crippen molar-refractivity contribution in [3.05, 3.63) is 225 Å². The molecule has 0 fully saturated rings. The summed E-state index contributed by atoms with van der Waals surface area (Å²) in [6, 6.07) is 64.9. The lowest BCUT2D eigenvalue weighted by atomic mass is 9.67. The Morgan fingerprint density at radius 2 is 0.803 bits per heavy atom. The minimum Gasteiger partial charge on any atom is -0.483 e. The number of halogens is 2. The van der Waals surface area contributed by atoms with E-state index < -0.39 is 5.41 Å². The summed E-state index contributed by atoms with van der Waals surface area (Å²) in [7, 11) is 0. The summed E-state index contributed by atoms with van der Waals surface area (Å²) < 4.78 is 13.4.